The predicted molar refractivity (Wildman–Crippen MR) is 121 cm³/mol. The molecule has 4 rings (SSSR count). The van der Waals surface area contributed by atoms with Crippen LogP contribution in [0.15, 0.2) is 53.0 Å². The highest BCUT2D eigenvalue weighted by Crippen LogP contribution is 2.23. The molecule has 4 nitrogen and oxygen atoms in total. The van der Waals surface area contributed by atoms with Gasteiger partial charge in [0.25, 0.3) is 0 Å². The quantitative estimate of drug-likeness (QED) is 0.458. The van der Waals surface area contributed by atoms with E-state index in [4.69, 9.17) is 5.73 Å². The zero-order valence-electron chi connectivity index (χ0n) is 15.2. The number of nitrogens with zero attached hydrogens (tertiary/aromatic N) is 3. The topological polar surface area (TPSA) is 46.5 Å². The number of aromatic nitrogens is 1. The summed E-state index contributed by atoms with van der Waals surface area (Å²) in [5.74, 6) is 0.582. The average molecular weight is 425 g/mol. The van der Waals surface area contributed by atoms with E-state index >= 15 is 0 Å². The summed E-state index contributed by atoms with van der Waals surface area (Å²) in [6.45, 7) is 4.68. The van der Waals surface area contributed by atoms with E-state index in [-0.39, 0.29) is 24.8 Å². The predicted octanol–water partition coefficient (Wildman–Crippen LogP) is 5.07. The summed E-state index contributed by atoms with van der Waals surface area (Å²) in [5, 5.41) is 3.24. The second-order valence-corrected chi connectivity index (χ2v) is 7.58. The van der Waals surface area contributed by atoms with Gasteiger partial charge in [0.05, 0.1) is 10.6 Å². The lowest BCUT2D eigenvalue weighted by molar-refractivity contribution is 0.221. The van der Waals surface area contributed by atoms with Crippen molar-refractivity contribution in [2.45, 2.75) is 25.8 Å². The van der Waals surface area contributed by atoms with Gasteiger partial charge in [0.15, 0.2) is 0 Å². The van der Waals surface area contributed by atoms with Crippen LogP contribution in [0.5, 0.6) is 0 Å². The summed E-state index contributed by atoms with van der Waals surface area (Å²) >= 11 is 1.61. The number of likely N-dealkylation sites (tertiary alicyclic amines) is 1. The van der Waals surface area contributed by atoms with Gasteiger partial charge in [-0.05, 0) is 61.6 Å². The van der Waals surface area contributed by atoms with Crippen LogP contribution in [0.1, 0.15) is 24.1 Å². The highest BCUT2D eigenvalue weighted by molar-refractivity contribution is 7.12. The van der Waals surface area contributed by atoms with Crippen LogP contribution in [-0.4, -0.2) is 34.9 Å². The number of aliphatic imine (C=N–C) groups is 1. The Morgan fingerprint density at radius 2 is 1.85 bits per heavy atom. The minimum atomic E-state index is 0. The summed E-state index contributed by atoms with van der Waals surface area (Å²) in [7, 11) is 0. The Kier molecular flexibility index (Phi) is 8.17. The molecular formula is C20H26Cl2N4S. The Hall–Kier alpha value is -1.53. The summed E-state index contributed by atoms with van der Waals surface area (Å²) < 4.78 is 2.35. The van der Waals surface area contributed by atoms with Crippen molar-refractivity contribution < 1.29 is 0 Å². The fourth-order valence-corrected chi connectivity index (χ4v) is 4.13. The smallest absolute Gasteiger partial charge is 0.141 e. The van der Waals surface area contributed by atoms with E-state index in [1.165, 1.54) is 43.3 Å². The van der Waals surface area contributed by atoms with Gasteiger partial charge in [-0.1, -0.05) is 12.5 Å². The van der Waals surface area contributed by atoms with Gasteiger partial charge in [-0.15, -0.1) is 36.2 Å². The van der Waals surface area contributed by atoms with Crippen LogP contribution in [0.25, 0.3) is 10.9 Å². The van der Waals surface area contributed by atoms with Crippen LogP contribution in [0.2, 0.25) is 0 Å². The van der Waals surface area contributed by atoms with Crippen molar-refractivity contribution in [1.29, 1.82) is 0 Å². The Balaban J connectivity index is 0.00000131. The number of hydrogen-bond acceptors (Lipinski definition) is 3. The number of amidine groups is 1. The molecule has 3 aromatic rings. The van der Waals surface area contributed by atoms with Gasteiger partial charge in [-0.3, -0.25) is 0 Å². The van der Waals surface area contributed by atoms with Gasteiger partial charge in [-0.2, -0.15) is 0 Å². The fraction of sp³-hybridized carbons (Fsp3) is 0.350. The van der Waals surface area contributed by atoms with E-state index in [1.54, 1.807) is 11.3 Å². The fourth-order valence-electron chi connectivity index (χ4n) is 3.50. The van der Waals surface area contributed by atoms with Crippen LogP contribution in [0, 0.1) is 0 Å². The second-order valence-electron chi connectivity index (χ2n) is 6.63. The number of benzene rings is 1. The molecule has 0 saturated carbocycles. The number of halogens is 2. The van der Waals surface area contributed by atoms with Gasteiger partial charge in [0.1, 0.15) is 5.84 Å². The molecule has 27 heavy (non-hydrogen) atoms. The summed E-state index contributed by atoms with van der Waals surface area (Å²) in [5.41, 5.74) is 8.28. The summed E-state index contributed by atoms with van der Waals surface area (Å²) in [6.07, 6.45) is 6.27. The Labute approximate surface area is 176 Å². The highest BCUT2D eigenvalue weighted by Gasteiger charge is 2.10. The number of hydrogen-bond donors (Lipinski definition) is 1. The molecule has 7 heteroatoms. The number of rotatable bonds is 5. The minimum absolute atomic E-state index is 0. The first-order chi connectivity index (χ1) is 12.3. The maximum atomic E-state index is 6.10. The Morgan fingerprint density at radius 3 is 2.59 bits per heavy atom. The lowest BCUT2D eigenvalue weighted by Crippen LogP contribution is -2.32. The van der Waals surface area contributed by atoms with E-state index in [0.29, 0.717) is 5.84 Å². The van der Waals surface area contributed by atoms with Gasteiger partial charge >= 0.3 is 0 Å². The van der Waals surface area contributed by atoms with Crippen molar-refractivity contribution in [2.75, 3.05) is 19.6 Å². The average Bonchev–Trinajstić information content (AvgIpc) is 3.31. The summed E-state index contributed by atoms with van der Waals surface area (Å²) in [6, 6.07) is 12.5. The molecule has 0 aliphatic carbocycles. The third-order valence-corrected chi connectivity index (χ3v) is 5.78. The molecule has 2 N–H and O–H groups in total. The van der Waals surface area contributed by atoms with E-state index in [9.17, 15) is 0 Å². The van der Waals surface area contributed by atoms with Crippen LogP contribution in [0.3, 0.4) is 0 Å². The normalized spacial score (nSPS) is 15.3. The first-order valence-electron chi connectivity index (χ1n) is 8.99. The van der Waals surface area contributed by atoms with Crippen molar-refractivity contribution in [3.05, 3.63) is 52.9 Å². The lowest BCUT2D eigenvalue weighted by Gasteiger charge is -2.26. The molecular weight excluding hydrogens is 399 g/mol. The van der Waals surface area contributed by atoms with Crippen molar-refractivity contribution in [1.82, 2.24) is 9.47 Å². The molecule has 1 aliphatic rings. The molecule has 0 atom stereocenters. The maximum Gasteiger partial charge on any atom is 0.141 e. The summed E-state index contributed by atoms with van der Waals surface area (Å²) in [4.78, 5) is 8.16. The monoisotopic (exact) mass is 424 g/mol. The molecule has 1 fully saturated rings. The zero-order valence-corrected chi connectivity index (χ0v) is 17.7. The number of piperidine rings is 1. The van der Waals surface area contributed by atoms with Crippen molar-refractivity contribution in [3.63, 3.8) is 0 Å². The van der Waals surface area contributed by atoms with E-state index in [1.807, 2.05) is 17.5 Å². The second kappa shape index (κ2) is 10.1. The van der Waals surface area contributed by atoms with E-state index in [2.05, 4.69) is 44.9 Å². The van der Waals surface area contributed by atoms with Gasteiger partial charge in [0.2, 0.25) is 0 Å². The standard InChI is InChI=1S/C20H24N4S.2ClH/c21-20(19-5-4-14-25-19)22-17-6-7-18-16(15-17)8-11-24(18)13-12-23-9-2-1-3-10-23;;/h4-8,11,14-15H,1-3,9-10,12-13H2,(H2,21,22);2*1H. The van der Waals surface area contributed by atoms with Crippen LogP contribution < -0.4 is 5.73 Å². The molecule has 1 saturated heterocycles. The zero-order chi connectivity index (χ0) is 17.1. The van der Waals surface area contributed by atoms with Gasteiger partial charge in [0, 0.05) is 30.2 Å². The van der Waals surface area contributed by atoms with E-state index in [0.717, 1.165) is 23.7 Å². The number of nitrogens with two attached hydrogens (primary N) is 1. The first-order valence-corrected chi connectivity index (χ1v) is 9.87. The molecule has 0 unspecified atom stereocenters. The molecule has 0 spiro atoms. The molecule has 2 aromatic heterocycles. The third kappa shape index (κ3) is 5.26. The molecule has 1 aliphatic heterocycles. The van der Waals surface area contributed by atoms with Crippen molar-refractivity contribution >= 4 is 58.6 Å². The maximum absolute atomic E-state index is 6.10. The van der Waals surface area contributed by atoms with E-state index < -0.39 is 0 Å². The van der Waals surface area contributed by atoms with Crippen LogP contribution in [0.4, 0.5) is 5.69 Å². The lowest BCUT2D eigenvalue weighted by atomic mass is 10.1. The number of fused-ring (bicyclic) bond motifs is 1. The van der Waals surface area contributed by atoms with Gasteiger partial charge < -0.3 is 15.2 Å². The molecule has 0 amide bonds. The third-order valence-electron chi connectivity index (χ3n) is 4.88. The molecule has 146 valence electrons. The Morgan fingerprint density at radius 1 is 1.04 bits per heavy atom. The minimum Gasteiger partial charge on any atom is -0.383 e. The molecule has 1 aromatic carbocycles. The largest absolute Gasteiger partial charge is 0.383 e. The molecule has 0 bridgehead atoms. The molecule has 3 heterocycles. The SMILES string of the molecule is Cl.Cl.NC(=Nc1ccc2c(ccn2CCN2CCCCC2)c1)c1cccs1. The van der Waals surface area contributed by atoms with Crippen LogP contribution in [-0.2, 0) is 6.54 Å². The van der Waals surface area contributed by atoms with Gasteiger partial charge in [-0.25, -0.2) is 4.99 Å². The van der Waals surface area contributed by atoms with Crippen LogP contribution >= 0.6 is 36.2 Å². The molecule has 0 radical (unpaired) electrons. The van der Waals surface area contributed by atoms with Crippen molar-refractivity contribution in [2.24, 2.45) is 10.7 Å². The first kappa shape index (κ1) is 21.8. The van der Waals surface area contributed by atoms with Crippen molar-refractivity contribution in [3.8, 4) is 0 Å². The Bertz CT molecular complexity index is 867. The number of thiophene rings is 1. The highest BCUT2D eigenvalue weighted by atomic mass is 35.5.